The third kappa shape index (κ3) is 5.50. The highest BCUT2D eigenvalue weighted by Gasteiger charge is 2.04. The number of amidine groups is 1. The van der Waals surface area contributed by atoms with E-state index in [4.69, 9.17) is 4.99 Å². The molecule has 126 valence electrons. The van der Waals surface area contributed by atoms with Crippen molar-refractivity contribution in [2.24, 2.45) is 4.99 Å². The van der Waals surface area contributed by atoms with Gasteiger partial charge in [-0.05, 0) is 43.7 Å². The van der Waals surface area contributed by atoms with Crippen LogP contribution in [0.15, 0.2) is 83.9 Å². The lowest BCUT2D eigenvalue weighted by atomic mass is 10.2. The Balaban J connectivity index is 1.79. The van der Waals surface area contributed by atoms with E-state index in [1.54, 1.807) is 11.8 Å². The third-order valence-corrected chi connectivity index (χ3v) is 4.73. The lowest BCUT2D eigenvalue weighted by molar-refractivity contribution is 1.41. The second kappa shape index (κ2) is 8.54. The number of nitrogens with zero attached hydrogens (tertiary/aromatic N) is 1. The fraction of sp³-hybridized carbons (Fsp3) is 0.136. The quantitative estimate of drug-likeness (QED) is 0.440. The van der Waals surface area contributed by atoms with Crippen molar-refractivity contribution in [2.75, 3.05) is 5.32 Å². The fourth-order valence-electron chi connectivity index (χ4n) is 2.32. The first-order chi connectivity index (χ1) is 12.2. The molecule has 0 aliphatic rings. The van der Waals surface area contributed by atoms with E-state index in [-0.39, 0.29) is 0 Å². The molecule has 0 aliphatic carbocycles. The van der Waals surface area contributed by atoms with Gasteiger partial charge in [0.25, 0.3) is 0 Å². The average Bonchev–Trinajstić information content (AvgIpc) is 2.64. The number of aliphatic imine (C=N–C) groups is 1. The summed E-state index contributed by atoms with van der Waals surface area (Å²) >= 11 is 1.71. The Labute approximate surface area is 154 Å². The van der Waals surface area contributed by atoms with Crippen LogP contribution in [0.3, 0.4) is 0 Å². The number of hydrogen-bond acceptors (Lipinski definition) is 2. The van der Waals surface area contributed by atoms with Crippen molar-refractivity contribution in [3.05, 3.63) is 95.6 Å². The number of hydrogen-bond donors (Lipinski definition) is 1. The van der Waals surface area contributed by atoms with Crippen LogP contribution in [0.5, 0.6) is 0 Å². The molecule has 0 radical (unpaired) electrons. The topological polar surface area (TPSA) is 24.4 Å². The maximum absolute atomic E-state index is 4.80. The Morgan fingerprint density at radius 1 is 0.800 bits per heavy atom. The zero-order chi connectivity index (χ0) is 17.5. The predicted molar refractivity (Wildman–Crippen MR) is 111 cm³/mol. The Kier molecular flexibility index (Phi) is 5.91. The Hall–Kier alpha value is -2.52. The van der Waals surface area contributed by atoms with Gasteiger partial charge in [-0.15, -0.1) is 0 Å². The van der Waals surface area contributed by atoms with E-state index >= 15 is 0 Å². The Bertz CT molecular complexity index is 822. The summed E-state index contributed by atoms with van der Waals surface area (Å²) in [6, 6.07) is 27.1. The van der Waals surface area contributed by atoms with Crippen LogP contribution in [0, 0.1) is 13.8 Å². The molecule has 0 heterocycles. The molecule has 0 atom stereocenters. The highest BCUT2D eigenvalue weighted by Crippen LogP contribution is 2.21. The van der Waals surface area contributed by atoms with Crippen LogP contribution in [0.2, 0.25) is 0 Å². The van der Waals surface area contributed by atoms with Crippen LogP contribution in [0.1, 0.15) is 16.7 Å². The van der Waals surface area contributed by atoms with Crippen LogP contribution < -0.4 is 5.32 Å². The van der Waals surface area contributed by atoms with Gasteiger partial charge in [0.1, 0.15) is 0 Å². The van der Waals surface area contributed by atoms with Gasteiger partial charge in [0.05, 0.1) is 5.69 Å². The molecule has 0 fully saturated rings. The van der Waals surface area contributed by atoms with Crippen molar-refractivity contribution in [1.82, 2.24) is 0 Å². The van der Waals surface area contributed by atoms with E-state index in [0.29, 0.717) is 0 Å². The van der Waals surface area contributed by atoms with Crippen molar-refractivity contribution < 1.29 is 0 Å². The van der Waals surface area contributed by atoms with E-state index < -0.39 is 0 Å². The molecule has 0 amide bonds. The van der Waals surface area contributed by atoms with Gasteiger partial charge in [0, 0.05) is 11.4 Å². The molecule has 0 saturated heterocycles. The Morgan fingerprint density at radius 3 is 2.04 bits per heavy atom. The van der Waals surface area contributed by atoms with Crippen LogP contribution in [-0.4, -0.2) is 5.17 Å². The molecule has 3 rings (SSSR count). The van der Waals surface area contributed by atoms with Crippen molar-refractivity contribution in [3.8, 4) is 0 Å². The standard InChI is InChI=1S/C22H22N2S/c1-17-8-12-20(13-9-17)23-22(24-21-14-10-18(2)11-15-21)25-16-19-6-4-3-5-7-19/h3-15H,16H2,1-2H3,(H,23,24). The molecule has 0 aromatic heterocycles. The fourth-order valence-corrected chi connectivity index (χ4v) is 3.17. The molecular formula is C22H22N2S. The maximum Gasteiger partial charge on any atom is 0.166 e. The van der Waals surface area contributed by atoms with Gasteiger partial charge < -0.3 is 5.32 Å². The normalized spacial score (nSPS) is 11.4. The highest BCUT2D eigenvalue weighted by molar-refractivity contribution is 8.13. The minimum absolute atomic E-state index is 0.879. The van der Waals surface area contributed by atoms with Gasteiger partial charge in [0.2, 0.25) is 0 Å². The summed E-state index contributed by atoms with van der Waals surface area (Å²) in [4.78, 5) is 4.80. The summed E-state index contributed by atoms with van der Waals surface area (Å²) in [5.41, 5.74) is 5.79. The molecule has 0 saturated carbocycles. The van der Waals surface area contributed by atoms with E-state index in [1.807, 2.05) is 6.07 Å². The summed E-state index contributed by atoms with van der Waals surface area (Å²) in [6.45, 7) is 4.18. The smallest absolute Gasteiger partial charge is 0.166 e. The summed E-state index contributed by atoms with van der Waals surface area (Å²) in [6.07, 6.45) is 0. The first-order valence-electron chi connectivity index (χ1n) is 8.35. The summed E-state index contributed by atoms with van der Waals surface area (Å²) < 4.78 is 0. The zero-order valence-electron chi connectivity index (χ0n) is 14.6. The molecule has 0 unspecified atom stereocenters. The van der Waals surface area contributed by atoms with Gasteiger partial charge in [0.15, 0.2) is 5.17 Å². The minimum atomic E-state index is 0.879. The number of anilines is 1. The number of aryl methyl sites for hydroxylation is 2. The number of nitrogens with one attached hydrogen (secondary N) is 1. The van der Waals surface area contributed by atoms with Crippen LogP contribution in [0.4, 0.5) is 11.4 Å². The van der Waals surface area contributed by atoms with Gasteiger partial charge >= 0.3 is 0 Å². The molecule has 3 heteroatoms. The molecule has 0 bridgehead atoms. The van der Waals surface area contributed by atoms with Gasteiger partial charge in [-0.3, -0.25) is 0 Å². The first-order valence-corrected chi connectivity index (χ1v) is 9.33. The highest BCUT2D eigenvalue weighted by atomic mass is 32.2. The van der Waals surface area contributed by atoms with Gasteiger partial charge in [-0.2, -0.15) is 0 Å². The maximum atomic E-state index is 4.80. The number of thioether (sulfide) groups is 1. The molecule has 0 aliphatic heterocycles. The van der Waals surface area contributed by atoms with Crippen LogP contribution in [0.25, 0.3) is 0 Å². The van der Waals surface area contributed by atoms with Crippen molar-refractivity contribution in [2.45, 2.75) is 19.6 Å². The number of rotatable bonds is 4. The molecule has 1 N–H and O–H groups in total. The van der Waals surface area contributed by atoms with E-state index in [9.17, 15) is 0 Å². The molecule has 3 aromatic rings. The van der Waals surface area contributed by atoms with Crippen molar-refractivity contribution >= 4 is 28.3 Å². The molecule has 3 aromatic carbocycles. The zero-order valence-corrected chi connectivity index (χ0v) is 15.4. The molecule has 0 spiro atoms. The summed E-state index contributed by atoms with van der Waals surface area (Å²) in [7, 11) is 0. The molecule has 2 nitrogen and oxygen atoms in total. The predicted octanol–water partition coefficient (Wildman–Crippen LogP) is 6.34. The lowest BCUT2D eigenvalue weighted by Gasteiger charge is -2.10. The van der Waals surface area contributed by atoms with Crippen molar-refractivity contribution in [3.63, 3.8) is 0 Å². The SMILES string of the molecule is Cc1ccc(N=C(Nc2ccc(C)cc2)SCc2ccccc2)cc1. The first kappa shape index (κ1) is 17.3. The van der Waals surface area contributed by atoms with E-state index in [1.165, 1.54) is 16.7 Å². The summed E-state index contributed by atoms with van der Waals surface area (Å²) in [5, 5.41) is 4.35. The van der Waals surface area contributed by atoms with Crippen LogP contribution >= 0.6 is 11.8 Å². The second-order valence-corrected chi connectivity index (χ2v) is 6.98. The number of benzene rings is 3. The third-order valence-electron chi connectivity index (χ3n) is 3.79. The van der Waals surface area contributed by atoms with E-state index in [0.717, 1.165) is 22.3 Å². The lowest BCUT2D eigenvalue weighted by Crippen LogP contribution is -2.08. The Morgan fingerprint density at radius 2 is 1.40 bits per heavy atom. The molecular weight excluding hydrogens is 324 g/mol. The van der Waals surface area contributed by atoms with Gasteiger partial charge in [-0.1, -0.05) is 77.5 Å². The summed E-state index contributed by atoms with van der Waals surface area (Å²) in [5.74, 6) is 0.879. The minimum Gasteiger partial charge on any atom is -0.335 e. The largest absolute Gasteiger partial charge is 0.335 e. The van der Waals surface area contributed by atoms with Gasteiger partial charge in [-0.25, -0.2) is 4.99 Å². The average molecular weight is 346 g/mol. The van der Waals surface area contributed by atoms with E-state index in [2.05, 4.69) is 92.0 Å². The second-order valence-electron chi connectivity index (χ2n) is 6.02. The van der Waals surface area contributed by atoms with Crippen LogP contribution in [-0.2, 0) is 5.75 Å². The monoisotopic (exact) mass is 346 g/mol. The van der Waals surface area contributed by atoms with Crippen molar-refractivity contribution in [1.29, 1.82) is 0 Å². The molecule has 25 heavy (non-hydrogen) atoms.